The van der Waals surface area contributed by atoms with Crippen molar-refractivity contribution in [3.8, 4) is 0 Å². The molecule has 5 heteroatoms. The molecule has 2 aromatic rings. The van der Waals surface area contributed by atoms with E-state index in [0.717, 1.165) is 35.6 Å². The SMILES string of the molecule is CC(=O)N(CC(=O)Nc1ccc(N2CCCC2)cc1)c1cccc(C)c1C. The smallest absolute Gasteiger partial charge is 0.244 e. The van der Waals surface area contributed by atoms with Crippen molar-refractivity contribution in [1.82, 2.24) is 0 Å². The van der Waals surface area contributed by atoms with E-state index < -0.39 is 0 Å². The molecule has 0 aromatic heterocycles. The standard InChI is InChI=1S/C22H27N3O2/c1-16-7-6-8-21(17(16)2)25(18(3)26)15-22(27)23-19-9-11-20(12-10-19)24-13-4-5-14-24/h6-12H,4-5,13-15H2,1-3H3,(H,23,27). The molecule has 1 aliphatic rings. The average Bonchev–Trinajstić information content (AvgIpc) is 3.17. The third kappa shape index (κ3) is 4.48. The van der Waals surface area contributed by atoms with Crippen molar-refractivity contribution in [3.63, 3.8) is 0 Å². The summed E-state index contributed by atoms with van der Waals surface area (Å²) in [6, 6.07) is 13.7. The molecular weight excluding hydrogens is 338 g/mol. The molecule has 142 valence electrons. The first kappa shape index (κ1) is 19.0. The Morgan fingerprint density at radius 1 is 1.04 bits per heavy atom. The van der Waals surface area contributed by atoms with Gasteiger partial charge in [-0.05, 0) is 68.1 Å². The van der Waals surface area contributed by atoms with Crippen molar-refractivity contribution in [3.05, 3.63) is 53.6 Å². The maximum atomic E-state index is 12.5. The lowest BCUT2D eigenvalue weighted by atomic mass is 10.1. The maximum absolute atomic E-state index is 12.5. The number of nitrogens with zero attached hydrogens (tertiary/aromatic N) is 2. The van der Waals surface area contributed by atoms with E-state index in [1.54, 1.807) is 0 Å². The van der Waals surface area contributed by atoms with Crippen molar-refractivity contribution >= 4 is 28.9 Å². The maximum Gasteiger partial charge on any atom is 0.244 e. The lowest BCUT2D eigenvalue weighted by Crippen LogP contribution is -2.37. The summed E-state index contributed by atoms with van der Waals surface area (Å²) < 4.78 is 0. The Morgan fingerprint density at radius 3 is 2.33 bits per heavy atom. The van der Waals surface area contributed by atoms with Gasteiger partial charge in [-0.25, -0.2) is 0 Å². The van der Waals surface area contributed by atoms with E-state index in [2.05, 4.69) is 10.2 Å². The van der Waals surface area contributed by atoms with Crippen molar-refractivity contribution < 1.29 is 9.59 Å². The number of hydrogen-bond donors (Lipinski definition) is 1. The van der Waals surface area contributed by atoms with Gasteiger partial charge in [0.05, 0.1) is 0 Å². The molecule has 5 nitrogen and oxygen atoms in total. The number of carbonyl (C=O) groups is 2. The summed E-state index contributed by atoms with van der Waals surface area (Å²) in [5.74, 6) is -0.358. The second kappa shape index (κ2) is 8.25. The summed E-state index contributed by atoms with van der Waals surface area (Å²) in [6.07, 6.45) is 2.47. The molecule has 1 aliphatic heterocycles. The van der Waals surface area contributed by atoms with Gasteiger partial charge in [0, 0.05) is 37.1 Å². The first-order chi connectivity index (χ1) is 13.0. The zero-order valence-corrected chi connectivity index (χ0v) is 16.3. The molecule has 0 saturated carbocycles. The second-order valence-corrected chi connectivity index (χ2v) is 7.11. The van der Waals surface area contributed by atoms with Crippen LogP contribution in [0.15, 0.2) is 42.5 Å². The van der Waals surface area contributed by atoms with Crippen LogP contribution >= 0.6 is 0 Å². The van der Waals surface area contributed by atoms with Crippen molar-refractivity contribution in [2.24, 2.45) is 0 Å². The number of nitrogens with one attached hydrogen (secondary N) is 1. The lowest BCUT2D eigenvalue weighted by Gasteiger charge is -2.23. The summed E-state index contributed by atoms with van der Waals surface area (Å²) in [5, 5.41) is 2.90. The molecule has 1 heterocycles. The summed E-state index contributed by atoms with van der Waals surface area (Å²) in [4.78, 5) is 28.5. The van der Waals surface area contributed by atoms with Gasteiger partial charge >= 0.3 is 0 Å². The zero-order chi connectivity index (χ0) is 19.4. The van der Waals surface area contributed by atoms with E-state index in [-0.39, 0.29) is 18.4 Å². The van der Waals surface area contributed by atoms with Crippen LogP contribution in [0.4, 0.5) is 17.1 Å². The van der Waals surface area contributed by atoms with Gasteiger partial charge in [0.15, 0.2) is 0 Å². The molecule has 0 unspecified atom stereocenters. The second-order valence-electron chi connectivity index (χ2n) is 7.11. The summed E-state index contributed by atoms with van der Waals surface area (Å²) in [7, 11) is 0. The highest BCUT2D eigenvalue weighted by molar-refractivity contribution is 6.02. The molecule has 0 bridgehead atoms. The molecule has 1 saturated heterocycles. The molecule has 0 atom stereocenters. The highest BCUT2D eigenvalue weighted by Gasteiger charge is 2.18. The first-order valence-corrected chi connectivity index (χ1v) is 9.45. The fourth-order valence-electron chi connectivity index (χ4n) is 3.47. The van der Waals surface area contributed by atoms with Crippen LogP contribution in [0.1, 0.15) is 30.9 Å². The van der Waals surface area contributed by atoms with Gasteiger partial charge in [0.2, 0.25) is 11.8 Å². The number of anilines is 3. The molecule has 2 aromatic carbocycles. The molecule has 2 amide bonds. The number of carbonyl (C=O) groups excluding carboxylic acids is 2. The third-order valence-corrected chi connectivity index (χ3v) is 5.17. The Kier molecular flexibility index (Phi) is 5.79. The Morgan fingerprint density at radius 2 is 1.70 bits per heavy atom. The molecule has 3 rings (SSSR count). The first-order valence-electron chi connectivity index (χ1n) is 9.45. The molecule has 1 fully saturated rings. The van der Waals surface area contributed by atoms with Crippen LogP contribution in [0.3, 0.4) is 0 Å². The normalized spacial score (nSPS) is 13.5. The highest BCUT2D eigenvalue weighted by atomic mass is 16.2. The van der Waals surface area contributed by atoms with Crippen LogP contribution in [-0.2, 0) is 9.59 Å². The Labute approximate surface area is 161 Å². The average molecular weight is 365 g/mol. The van der Waals surface area contributed by atoms with Gasteiger partial charge in [0.25, 0.3) is 0 Å². The Hall–Kier alpha value is -2.82. The quantitative estimate of drug-likeness (QED) is 0.874. The van der Waals surface area contributed by atoms with Crippen LogP contribution in [-0.4, -0.2) is 31.4 Å². The van der Waals surface area contributed by atoms with E-state index in [9.17, 15) is 9.59 Å². The van der Waals surface area contributed by atoms with Gasteiger partial charge in [-0.15, -0.1) is 0 Å². The van der Waals surface area contributed by atoms with E-state index in [1.165, 1.54) is 30.4 Å². The van der Waals surface area contributed by atoms with Gasteiger partial charge < -0.3 is 15.1 Å². The third-order valence-electron chi connectivity index (χ3n) is 5.17. The Bertz CT molecular complexity index is 824. The van der Waals surface area contributed by atoms with E-state index >= 15 is 0 Å². The molecule has 0 spiro atoms. The Balaban J connectivity index is 1.67. The van der Waals surface area contributed by atoms with Crippen LogP contribution in [0.5, 0.6) is 0 Å². The fraction of sp³-hybridized carbons (Fsp3) is 0.364. The zero-order valence-electron chi connectivity index (χ0n) is 16.3. The highest BCUT2D eigenvalue weighted by Crippen LogP contribution is 2.24. The van der Waals surface area contributed by atoms with E-state index in [0.29, 0.717) is 0 Å². The predicted molar refractivity (Wildman–Crippen MR) is 110 cm³/mol. The van der Waals surface area contributed by atoms with Crippen LogP contribution in [0.2, 0.25) is 0 Å². The van der Waals surface area contributed by atoms with E-state index in [1.807, 2.05) is 56.3 Å². The van der Waals surface area contributed by atoms with Crippen LogP contribution in [0, 0.1) is 13.8 Å². The monoisotopic (exact) mass is 365 g/mol. The summed E-state index contributed by atoms with van der Waals surface area (Å²) in [6.45, 7) is 7.63. The van der Waals surface area contributed by atoms with Gasteiger partial charge in [-0.3, -0.25) is 9.59 Å². The predicted octanol–water partition coefficient (Wildman–Crippen LogP) is 3.90. The molecule has 1 N–H and O–H groups in total. The topological polar surface area (TPSA) is 52.7 Å². The molecule has 27 heavy (non-hydrogen) atoms. The summed E-state index contributed by atoms with van der Waals surface area (Å²) in [5.41, 5.74) is 4.81. The lowest BCUT2D eigenvalue weighted by molar-refractivity contribution is -0.120. The van der Waals surface area contributed by atoms with Crippen molar-refractivity contribution in [1.29, 1.82) is 0 Å². The van der Waals surface area contributed by atoms with E-state index in [4.69, 9.17) is 0 Å². The number of aryl methyl sites for hydroxylation is 1. The molecule has 0 aliphatic carbocycles. The molecular formula is C22H27N3O2. The van der Waals surface area contributed by atoms with Gasteiger partial charge in [0.1, 0.15) is 6.54 Å². The van der Waals surface area contributed by atoms with Gasteiger partial charge in [-0.1, -0.05) is 12.1 Å². The minimum atomic E-state index is -0.208. The number of hydrogen-bond acceptors (Lipinski definition) is 3. The molecule has 0 radical (unpaired) electrons. The van der Waals surface area contributed by atoms with Gasteiger partial charge in [-0.2, -0.15) is 0 Å². The summed E-state index contributed by atoms with van der Waals surface area (Å²) >= 11 is 0. The number of amides is 2. The largest absolute Gasteiger partial charge is 0.372 e. The van der Waals surface area contributed by atoms with Crippen molar-refractivity contribution in [2.45, 2.75) is 33.6 Å². The minimum Gasteiger partial charge on any atom is -0.372 e. The number of benzene rings is 2. The fourth-order valence-corrected chi connectivity index (χ4v) is 3.47. The van der Waals surface area contributed by atoms with Crippen molar-refractivity contribution in [2.75, 3.05) is 34.8 Å². The minimum absolute atomic E-state index is 0.00645. The van der Waals surface area contributed by atoms with Crippen LogP contribution in [0.25, 0.3) is 0 Å². The number of rotatable bonds is 5. The van der Waals surface area contributed by atoms with Crippen LogP contribution < -0.4 is 15.1 Å².